The van der Waals surface area contributed by atoms with Gasteiger partial charge in [0.1, 0.15) is 0 Å². The molecular formula is C15H18N2O4. The molecule has 2 aliphatic heterocycles. The number of fused-ring (bicyclic) bond motifs is 1. The normalized spacial score (nSPS) is 18.4. The highest BCUT2D eigenvalue weighted by atomic mass is 16.5. The second-order valence-electron chi connectivity index (χ2n) is 5.39. The lowest BCUT2D eigenvalue weighted by atomic mass is 10.1. The number of urea groups is 1. The van der Waals surface area contributed by atoms with Gasteiger partial charge >= 0.3 is 12.0 Å². The summed E-state index contributed by atoms with van der Waals surface area (Å²) in [6.45, 7) is 1.96. The van der Waals surface area contributed by atoms with E-state index >= 15 is 0 Å². The second-order valence-corrected chi connectivity index (χ2v) is 5.39. The molecule has 2 heterocycles. The van der Waals surface area contributed by atoms with Crippen LogP contribution in [0.15, 0.2) is 18.2 Å². The smallest absolute Gasteiger partial charge is 0.335 e. The lowest BCUT2D eigenvalue weighted by Gasteiger charge is -2.26. The van der Waals surface area contributed by atoms with E-state index in [-0.39, 0.29) is 17.6 Å². The summed E-state index contributed by atoms with van der Waals surface area (Å²) in [4.78, 5) is 25.0. The van der Waals surface area contributed by atoms with E-state index in [1.165, 1.54) is 0 Å². The van der Waals surface area contributed by atoms with Crippen molar-refractivity contribution in [1.29, 1.82) is 0 Å². The highest BCUT2D eigenvalue weighted by molar-refractivity contribution is 5.96. The van der Waals surface area contributed by atoms with Crippen LogP contribution in [0.2, 0.25) is 0 Å². The van der Waals surface area contributed by atoms with Gasteiger partial charge in [-0.15, -0.1) is 0 Å². The number of nitrogens with one attached hydrogen (secondary N) is 1. The molecule has 1 aromatic carbocycles. The van der Waals surface area contributed by atoms with Crippen molar-refractivity contribution in [1.82, 2.24) is 5.32 Å². The molecule has 0 aromatic heterocycles. The van der Waals surface area contributed by atoms with Crippen molar-refractivity contribution in [2.75, 3.05) is 24.7 Å². The number of carbonyl (C=O) groups excluding carboxylic acids is 1. The first-order valence-electron chi connectivity index (χ1n) is 7.17. The Morgan fingerprint density at radius 2 is 2.05 bits per heavy atom. The molecule has 1 aromatic rings. The molecule has 6 nitrogen and oxygen atoms in total. The molecule has 0 spiro atoms. The number of hydrogen-bond donors (Lipinski definition) is 2. The van der Waals surface area contributed by atoms with Crippen molar-refractivity contribution in [3.63, 3.8) is 0 Å². The topological polar surface area (TPSA) is 78.9 Å². The number of aromatic carboxylic acids is 1. The van der Waals surface area contributed by atoms with Crippen LogP contribution in [-0.4, -0.2) is 42.9 Å². The number of carbonyl (C=O) groups is 2. The maximum Gasteiger partial charge on any atom is 0.335 e. The molecular weight excluding hydrogens is 272 g/mol. The van der Waals surface area contributed by atoms with Gasteiger partial charge in [-0.05, 0) is 43.0 Å². The van der Waals surface area contributed by atoms with E-state index in [1.807, 2.05) is 0 Å². The van der Waals surface area contributed by atoms with Crippen molar-refractivity contribution in [2.24, 2.45) is 0 Å². The number of hydrogen-bond acceptors (Lipinski definition) is 3. The van der Waals surface area contributed by atoms with Crippen molar-refractivity contribution in [3.05, 3.63) is 29.3 Å². The van der Waals surface area contributed by atoms with E-state index < -0.39 is 5.97 Å². The summed E-state index contributed by atoms with van der Waals surface area (Å²) < 4.78 is 5.28. The minimum atomic E-state index is -0.942. The number of nitrogens with zero attached hydrogens (tertiary/aromatic N) is 1. The predicted molar refractivity (Wildman–Crippen MR) is 76.8 cm³/mol. The van der Waals surface area contributed by atoms with Crippen LogP contribution in [0.25, 0.3) is 0 Å². The highest BCUT2D eigenvalue weighted by Gasteiger charge is 2.27. The number of benzene rings is 1. The van der Waals surface area contributed by atoms with Crippen molar-refractivity contribution < 1.29 is 19.4 Å². The van der Waals surface area contributed by atoms with Gasteiger partial charge in [0.15, 0.2) is 0 Å². The lowest BCUT2D eigenvalue weighted by molar-refractivity contribution is 0.0696. The third-order valence-corrected chi connectivity index (χ3v) is 4.02. The van der Waals surface area contributed by atoms with E-state index in [0.29, 0.717) is 26.2 Å². The van der Waals surface area contributed by atoms with Crippen molar-refractivity contribution >= 4 is 17.7 Å². The molecule has 0 bridgehead atoms. The van der Waals surface area contributed by atoms with Gasteiger partial charge in [0, 0.05) is 31.5 Å². The third kappa shape index (κ3) is 2.85. The zero-order chi connectivity index (χ0) is 14.8. The van der Waals surface area contributed by atoms with E-state index in [2.05, 4.69) is 5.32 Å². The number of ether oxygens (including phenoxy) is 1. The van der Waals surface area contributed by atoms with E-state index in [0.717, 1.165) is 24.1 Å². The number of amides is 2. The first-order chi connectivity index (χ1) is 10.1. The van der Waals surface area contributed by atoms with Crippen LogP contribution in [0.5, 0.6) is 0 Å². The van der Waals surface area contributed by atoms with Gasteiger partial charge in [-0.25, -0.2) is 9.59 Å². The zero-order valence-corrected chi connectivity index (χ0v) is 11.7. The average molecular weight is 290 g/mol. The van der Waals surface area contributed by atoms with Crippen LogP contribution in [0.1, 0.15) is 28.8 Å². The maximum absolute atomic E-state index is 12.4. The molecule has 3 rings (SSSR count). The monoisotopic (exact) mass is 290 g/mol. The second kappa shape index (κ2) is 5.73. The maximum atomic E-state index is 12.4. The summed E-state index contributed by atoms with van der Waals surface area (Å²) in [6, 6.07) is 4.97. The SMILES string of the molecule is O=C(O)c1ccc2c(c1)CCN2C(=O)NC1CCOCC1. The van der Waals surface area contributed by atoms with Crippen LogP contribution in [0, 0.1) is 0 Å². The molecule has 0 aliphatic carbocycles. The Kier molecular flexibility index (Phi) is 3.79. The van der Waals surface area contributed by atoms with Gasteiger partial charge in [-0.1, -0.05) is 0 Å². The number of carboxylic acids is 1. The van der Waals surface area contributed by atoms with Crippen LogP contribution in [0.3, 0.4) is 0 Å². The molecule has 1 fully saturated rings. The molecule has 2 aliphatic rings. The van der Waals surface area contributed by atoms with Gasteiger partial charge < -0.3 is 15.2 Å². The van der Waals surface area contributed by atoms with E-state index in [4.69, 9.17) is 9.84 Å². The molecule has 1 saturated heterocycles. The van der Waals surface area contributed by atoms with Crippen molar-refractivity contribution in [2.45, 2.75) is 25.3 Å². The minimum Gasteiger partial charge on any atom is -0.478 e. The first-order valence-corrected chi connectivity index (χ1v) is 7.17. The number of anilines is 1. The Morgan fingerprint density at radius 3 is 2.76 bits per heavy atom. The fraction of sp³-hybridized carbons (Fsp3) is 0.467. The third-order valence-electron chi connectivity index (χ3n) is 4.02. The van der Waals surface area contributed by atoms with Gasteiger partial charge in [0.2, 0.25) is 0 Å². The highest BCUT2D eigenvalue weighted by Crippen LogP contribution is 2.29. The summed E-state index contributed by atoms with van der Waals surface area (Å²) in [5, 5.41) is 12.0. The van der Waals surface area contributed by atoms with E-state index in [1.54, 1.807) is 23.1 Å². The summed E-state index contributed by atoms with van der Waals surface area (Å²) in [6.07, 6.45) is 2.37. The minimum absolute atomic E-state index is 0.108. The number of rotatable bonds is 2. The van der Waals surface area contributed by atoms with Crippen LogP contribution < -0.4 is 10.2 Å². The predicted octanol–water partition coefficient (Wildman–Crippen LogP) is 1.64. The van der Waals surface area contributed by atoms with Crippen molar-refractivity contribution in [3.8, 4) is 0 Å². The largest absolute Gasteiger partial charge is 0.478 e. The van der Waals surface area contributed by atoms with Crippen LogP contribution >= 0.6 is 0 Å². The molecule has 21 heavy (non-hydrogen) atoms. The Morgan fingerprint density at radius 1 is 1.29 bits per heavy atom. The quantitative estimate of drug-likeness (QED) is 0.868. The van der Waals surface area contributed by atoms with Gasteiger partial charge in [0.25, 0.3) is 0 Å². The molecule has 0 atom stereocenters. The molecule has 6 heteroatoms. The Balaban J connectivity index is 1.71. The van der Waals surface area contributed by atoms with Gasteiger partial charge in [0.05, 0.1) is 5.56 Å². The molecule has 0 radical (unpaired) electrons. The van der Waals surface area contributed by atoms with Gasteiger partial charge in [-0.2, -0.15) is 0 Å². The zero-order valence-electron chi connectivity index (χ0n) is 11.7. The lowest BCUT2D eigenvalue weighted by Crippen LogP contribution is -2.46. The van der Waals surface area contributed by atoms with Gasteiger partial charge in [-0.3, -0.25) is 4.90 Å². The molecule has 0 unspecified atom stereocenters. The number of carboxylic acid groups (broad SMARTS) is 1. The summed E-state index contributed by atoms with van der Waals surface area (Å²) in [5.41, 5.74) is 1.99. The molecule has 2 amide bonds. The summed E-state index contributed by atoms with van der Waals surface area (Å²) in [5.74, 6) is -0.942. The average Bonchev–Trinajstić information content (AvgIpc) is 2.91. The molecule has 2 N–H and O–H groups in total. The first kappa shape index (κ1) is 13.9. The van der Waals surface area contributed by atoms with Crippen LogP contribution in [0.4, 0.5) is 10.5 Å². The summed E-state index contributed by atoms with van der Waals surface area (Å²) in [7, 11) is 0. The Labute approximate surface area is 122 Å². The Hall–Kier alpha value is -2.08. The fourth-order valence-electron chi connectivity index (χ4n) is 2.84. The standard InChI is InChI=1S/C15H18N2O4/c18-14(19)11-1-2-13-10(9-11)3-6-17(13)15(20)16-12-4-7-21-8-5-12/h1-2,9,12H,3-8H2,(H,16,20)(H,18,19). The van der Waals surface area contributed by atoms with E-state index in [9.17, 15) is 9.59 Å². The molecule has 112 valence electrons. The fourth-order valence-corrected chi connectivity index (χ4v) is 2.84. The van der Waals surface area contributed by atoms with Crippen LogP contribution in [-0.2, 0) is 11.2 Å². The Bertz CT molecular complexity index is 567. The summed E-state index contributed by atoms with van der Waals surface area (Å²) >= 11 is 0. The molecule has 0 saturated carbocycles.